The highest BCUT2D eigenvalue weighted by atomic mass is 16.5. The zero-order valence-electron chi connectivity index (χ0n) is 11.4. The van der Waals surface area contributed by atoms with Crippen molar-refractivity contribution in [3.05, 3.63) is 35.9 Å². The van der Waals surface area contributed by atoms with Crippen molar-refractivity contribution in [3.8, 4) is 0 Å². The fourth-order valence-electron chi connectivity index (χ4n) is 2.83. The summed E-state index contributed by atoms with van der Waals surface area (Å²) in [7, 11) is 0. The molecule has 100 valence electrons. The van der Waals surface area contributed by atoms with Crippen molar-refractivity contribution in [1.29, 1.82) is 0 Å². The first-order chi connectivity index (χ1) is 8.65. The number of nitrogens with two attached hydrogens (primary N) is 1. The van der Waals surface area contributed by atoms with Crippen molar-refractivity contribution in [1.82, 2.24) is 5.32 Å². The van der Waals surface area contributed by atoms with Gasteiger partial charge in [0, 0.05) is 24.7 Å². The van der Waals surface area contributed by atoms with Crippen LogP contribution < -0.4 is 11.1 Å². The van der Waals surface area contributed by atoms with E-state index in [-0.39, 0.29) is 11.6 Å². The third-order valence-corrected chi connectivity index (χ3v) is 3.87. The lowest BCUT2D eigenvalue weighted by atomic mass is 9.85. The number of rotatable bonds is 4. The van der Waals surface area contributed by atoms with Gasteiger partial charge in [-0.25, -0.2) is 0 Å². The van der Waals surface area contributed by atoms with E-state index in [1.165, 1.54) is 5.56 Å². The molecular weight excluding hydrogens is 224 g/mol. The van der Waals surface area contributed by atoms with Crippen LogP contribution in [0, 0.1) is 0 Å². The van der Waals surface area contributed by atoms with Gasteiger partial charge in [-0.05, 0) is 32.3 Å². The van der Waals surface area contributed by atoms with Crippen molar-refractivity contribution in [2.75, 3.05) is 13.2 Å². The Labute approximate surface area is 110 Å². The molecule has 1 aromatic rings. The van der Waals surface area contributed by atoms with Gasteiger partial charge in [0.1, 0.15) is 0 Å². The second-order valence-corrected chi connectivity index (χ2v) is 5.40. The average Bonchev–Trinajstić information content (AvgIpc) is 2.39. The van der Waals surface area contributed by atoms with Gasteiger partial charge in [0.2, 0.25) is 0 Å². The Balaban J connectivity index is 2.06. The normalized spacial score (nSPS) is 30.1. The minimum Gasteiger partial charge on any atom is -0.378 e. The Bertz CT molecular complexity index is 368. The van der Waals surface area contributed by atoms with E-state index in [9.17, 15) is 0 Å². The van der Waals surface area contributed by atoms with Gasteiger partial charge in [0.25, 0.3) is 0 Å². The molecule has 0 saturated carbocycles. The molecular formula is C15H24N2O. The molecule has 1 saturated heterocycles. The molecule has 0 aliphatic carbocycles. The van der Waals surface area contributed by atoms with Crippen LogP contribution in [0.3, 0.4) is 0 Å². The molecule has 3 N–H and O–H groups in total. The summed E-state index contributed by atoms with van der Waals surface area (Å²) >= 11 is 0. The number of hydrogen-bond donors (Lipinski definition) is 2. The lowest BCUT2D eigenvalue weighted by Crippen LogP contribution is -2.56. The third-order valence-electron chi connectivity index (χ3n) is 3.87. The summed E-state index contributed by atoms with van der Waals surface area (Å²) in [5.74, 6) is 0. The monoisotopic (exact) mass is 248 g/mol. The van der Waals surface area contributed by atoms with Gasteiger partial charge >= 0.3 is 0 Å². The first-order valence-corrected chi connectivity index (χ1v) is 6.79. The molecule has 3 nitrogen and oxygen atoms in total. The van der Waals surface area contributed by atoms with Gasteiger partial charge in [0.15, 0.2) is 0 Å². The molecule has 2 rings (SSSR count). The second-order valence-electron chi connectivity index (χ2n) is 5.40. The van der Waals surface area contributed by atoms with E-state index in [0.717, 1.165) is 19.4 Å². The average molecular weight is 248 g/mol. The molecule has 1 fully saturated rings. The van der Waals surface area contributed by atoms with E-state index in [1.54, 1.807) is 0 Å². The van der Waals surface area contributed by atoms with Crippen molar-refractivity contribution in [2.24, 2.45) is 5.73 Å². The molecule has 3 unspecified atom stereocenters. The number of ether oxygens (including phenoxy) is 1. The number of benzene rings is 1. The van der Waals surface area contributed by atoms with E-state index in [2.05, 4.69) is 43.4 Å². The van der Waals surface area contributed by atoms with Gasteiger partial charge in [-0.15, -0.1) is 0 Å². The smallest absolute Gasteiger partial charge is 0.0565 e. The molecule has 0 aromatic heterocycles. The van der Waals surface area contributed by atoms with Crippen LogP contribution in [0.25, 0.3) is 0 Å². The van der Waals surface area contributed by atoms with E-state index in [1.807, 2.05) is 6.07 Å². The van der Waals surface area contributed by atoms with Gasteiger partial charge in [0.05, 0.1) is 6.10 Å². The third kappa shape index (κ3) is 3.10. The molecule has 0 radical (unpaired) electrons. The van der Waals surface area contributed by atoms with Crippen molar-refractivity contribution >= 4 is 0 Å². The fraction of sp³-hybridized carbons (Fsp3) is 0.600. The zero-order chi connectivity index (χ0) is 13.0. The quantitative estimate of drug-likeness (QED) is 0.859. The molecule has 0 amide bonds. The van der Waals surface area contributed by atoms with Crippen molar-refractivity contribution < 1.29 is 4.74 Å². The van der Waals surface area contributed by atoms with Crippen LogP contribution in [0.15, 0.2) is 30.3 Å². The van der Waals surface area contributed by atoms with E-state index >= 15 is 0 Å². The summed E-state index contributed by atoms with van der Waals surface area (Å²) < 4.78 is 5.63. The van der Waals surface area contributed by atoms with Crippen LogP contribution in [-0.2, 0) is 4.74 Å². The molecule has 3 heteroatoms. The first-order valence-electron chi connectivity index (χ1n) is 6.79. The SMILES string of the molecule is CC1CC(CN)(NC(C)c2ccccc2)CCO1. The Hall–Kier alpha value is -0.900. The Morgan fingerprint density at radius 2 is 2.17 bits per heavy atom. The minimum absolute atomic E-state index is 0.0208. The highest BCUT2D eigenvalue weighted by molar-refractivity contribution is 5.19. The molecule has 18 heavy (non-hydrogen) atoms. The fourth-order valence-corrected chi connectivity index (χ4v) is 2.83. The highest BCUT2D eigenvalue weighted by Gasteiger charge is 2.35. The highest BCUT2D eigenvalue weighted by Crippen LogP contribution is 2.27. The van der Waals surface area contributed by atoms with Crippen LogP contribution in [0.2, 0.25) is 0 Å². The maximum atomic E-state index is 6.01. The molecule has 1 aliphatic heterocycles. The second kappa shape index (κ2) is 5.83. The van der Waals surface area contributed by atoms with Gasteiger partial charge in [-0.2, -0.15) is 0 Å². The Morgan fingerprint density at radius 1 is 1.44 bits per heavy atom. The maximum absolute atomic E-state index is 6.01. The van der Waals surface area contributed by atoms with Gasteiger partial charge in [-0.1, -0.05) is 30.3 Å². The number of nitrogens with one attached hydrogen (secondary N) is 1. The predicted octanol–water partition coefficient (Wildman–Crippen LogP) is 2.23. The molecule has 1 aromatic carbocycles. The van der Waals surface area contributed by atoms with Gasteiger partial charge < -0.3 is 15.8 Å². The summed E-state index contributed by atoms with van der Waals surface area (Å²) in [6.07, 6.45) is 2.27. The van der Waals surface area contributed by atoms with E-state index < -0.39 is 0 Å². The standard InChI is InChI=1S/C15H24N2O/c1-12-10-15(11-16,8-9-18-12)17-13(2)14-6-4-3-5-7-14/h3-7,12-13,17H,8-11,16H2,1-2H3. The summed E-state index contributed by atoms with van der Waals surface area (Å²) in [4.78, 5) is 0. The van der Waals surface area contributed by atoms with E-state index in [0.29, 0.717) is 12.6 Å². The van der Waals surface area contributed by atoms with Crippen molar-refractivity contribution in [2.45, 2.75) is 44.4 Å². The minimum atomic E-state index is 0.0208. The Kier molecular flexibility index (Phi) is 4.38. The lowest BCUT2D eigenvalue weighted by Gasteiger charge is -2.42. The van der Waals surface area contributed by atoms with Crippen LogP contribution in [0.4, 0.5) is 0 Å². The summed E-state index contributed by atoms with van der Waals surface area (Å²) in [5, 5.41) is 3.72. The topological polar surface area (TPSA) is 47.3 Å². The predicted molar refractivity (Wildman–Crippen MR) is 74.4 cm³/mol. The summed E-state index contributed by atoms with van der Waals surface area (Å²) in [6, 6.07) is 10.8. The molecule has 1 aliphatic rings. The van der Waals surface area contributed by atoms with Crippen LogP contribution in [0.5, 0.6) is 0 Å². The van der Waals surface area contributed by atoms with Gasteiger partial charge in [-0.3, -0.25) is 0 Å². The maximum Gasteiger partial charge on any atom is 0.0565 e. The summed E-state index contributed by atoms with van der Waals surface area (Å²) in [5.41, 5.74) is 7.34. The van der Waals surface area contributed by atoms with Crippen LogP contribution in [-0.4, -0.2) is 24.8 Å². The lowest BCUT2D eigenvalue weighted by molar-refractivity contribution is -0.0190. The Morgan fingerprint density at radius 3 is 2.78 bits per heavy atom. The molecule has 3 atom stereocenters. The largest absolute Gasteiger partial charge is 0.378 e. The van der Waals surface area contributed by atoms with E-state index in [4.69, 9.17) is 10.5 Å². The summed E-state index contributed by atoms with van der Waals surface area (Å²) in [6.45, 7) is 5.79. The van der Waals surface area contributed by atoms with Crippen LogP contribution in [0.1, 0.15) is 38.3 Å². The zero-order valence-corrected chi connectivity index (χ0v) is 11.4. The molecule has 0 spiro atoms. The molecule has 1 heterocycles. The van der Waals surface area contributed by atoms with Crippen LogP contribution >= 0.6 is 0 Å². The molecule has 0 bridgehead atoms. The number of hydrogen-bond acceptors (Lipinski definition) is 3. The first kappa shape index (κ1) is 13.5. The van der Waals surface area contributed by atoms with Crippen molar-refractivity contribution in [3.63, 3.8) is 0 Å².